The van der Waals surface area contributed by atoms with Crippen LogP contribution in [0.1, 0.15) is 10.5 Å². The number of halogens is 4. The van der Waals surface area contributed by atoms with Crippen molar-refractivity contribution in [2.45, 2.75) is 0 Å². The molecule has 0 unspecified atom stereocenters. The van der Waals surface area contributed by atoms with Gasteiger partial charge in [0.1, 0.15) is 17.1 Å². The van der Waals surface area contributed by atoms with Gasteiger partial charge in [-0.1, -0.05) is 42.5 Å². The van der Waals surface area contributed by atoms with E-state index in [-0.39, 0.29) is 36.9 Å². The van der Waals surface area contributed by atoms with Gasteiger partial charge < -0.3 is 14.2 Å². The summed E-state index contributed by atoms with van der Waals surface area (Å²) in [6, 6.07) is 24.2. The molecule has 0 aliphatic rings. The molecule has 3 heterocycles. The Balaban J connectivity index is 0.000000215. The van der Waals surface area contributed by atoms with Gasteiger partial charge in [-0.15, -0.1) is 24.3 Å². The van der Waals surface area contributed by atoms with Crippen molar-refractivity contribution in [3.05, 3.63) is 153 Å². The van der Waals surface area contributed by atoms with Crippen LogP contribution in [0.2, 0.25) is 0 Å². The minimum absolute atomic E-state index is 0. The van der Waals surface area contributed by atoms with E-state index in [1.807, 2.05) is 0 Å². The SMILES string of the molecule is O=C(O)c1ccccn1.[CH2-][n+]1ccccc1-c1[c-]cc(F)cc1F.[CH2-][n+]1ccccc1-c1[c-]cc(F)cc1F.[Ir]. The van der Waals surface area contributed by atoms with Gasteiger partial charge in [0, 0.05) is 63.7 Å². The van der Waals surface area contributed by atoms with E-state index in [9.17, 15) is 22.4 Å². The number of carbonyl (C=O) groups is 1. The Morgan fingerprint density at radius 2 is 1.20 bits per heavy atom. The molecular weight excluding hydrogens is 703 g/mol. The number of nitrogens with zero attached hydrogens (tertiary/aromatic N) is 3. The first kappa shape index (κ1) is 31.7. The van der Waals surface area contributed by atoms with Gasteiger partial charge in [-0.25, -0.2) is 9.78 Å². The fourth-order valence-corrected chi connectivity index (χ4v) is 3.18. The molecule has 10 heteroatoms. The number of rotatable bonds is 3. The van der Waals surface area contributed by atoms with Crippen LogP contribution in [0.25, 0.3) is 22.5 Å². The molecule has 0 spiro atoms. The molecule has 0 saturated carbocycles. The van der Waals surface area contributed by atoms with Gasteiger partial charge in [-0.3, -0.25) is 17.6 Å². The van der Waals surface area contributed by atoms with Crippen molar-refractivity contribution in [2.75, 3.05) is 0 Å². The molecule has 0 amide bonds. The Morgan fingerprint density at radius 1 is 0.750 bits per heavy atom. The monoisotopic (exact) mass is 724 g/mol. The second-order valence-electron chi connectivity index (χ2n) is 7.71. The average molecular weight is 724 g/mol. The molecule has 1 N–H and O–H groups in total. The fraction of sp³-hybridized carbons (Fsp3) is 0. The topological polar surface area (TPSA) is 58.0 Å². The molecule has 3 aromatic heterocycles. The molecule has 40 heavy (non-hydrogen) atoms. The van der Waals surface area contributed by atoms with Crippen LogP contribution in [0, 0.1) is 49.5 Å². The first-order valence-electron chi connectivity index (χ1n) is 11.2. The van der Waals surface area contributed by atoms with Gasteiger partial charge in [0.2, 0.25) is 0 Å². The fourth-order valence-electron chi connectivity index (χ4n) is 3.18. The molecule has 5 rings (SSSR count). The number of aromatic nitrogens is 3. The third kappa shape index (κ3) is 8.76. The summed E-state index contributed by atoms with van der Waals surface area (Å²) in [4.78, 5) is 13.7. The molecule has 5 aromatic rings. The summed E-state index contributed by atoms with van der Waals surface area (Å²) < 4.78 is 55.2. The second-order valence-corrected chi connectivity index (χ2v) is 7.71. The van der Waals surface area contributed by atoms with Gasteiger partial charge in [-0.05, 0) is 35.4 Å². The van der Waals surface area contributed by atoms with Crippen molar-refractivity contribution < 1.29 is 56.7 Å². The van der Waals surface area contributed by atoms with Crippen LogP contribution in [-0.2, 0) is 20.1 Å². The quantitative estimate of drug-likeness (QED) is 0.152. The van der Waals surface area contributed by atoms with E-state index in [2.05, 4.69) is 31.2 Å². The zero-order valence-electron chi connectivity index (χ0n) is 20.7. The van der Waals surface area contributed by atoms with E-state index in [1.54, 1.807) is 60.9 Å². The van der Waals surface area contributed by atoms with Crippen molar-refractivity contribution in [1.29, 1.82) is 0 Å². The molecule has 2 aromatic carbocycles. The Kier molecular flexibility index (Phi) is 12.0. The molecule has 0 saturated heterocycles. The summed E-state index contributed by atoms with van der Waals surface area (Å²) >= 11 is 0. The molecule has 0 bridgehead atoms. The standard InChI is InChI=1S/2C12H8F2N.C6H5NO2.Ir/c2*1-15-7-3-2-4-12(15)10-6-5-9(13)8-11(10)14;8-6(9)5-3-1-2-4-7-5;/h2*2-5,7-8H,1H2;1-4H,(H,8,9);/q2*-1;;. The molecule has 5 nitrogen and oxygen atoms in total. The Labute approximate surface area is 242 Å². The number of hydrogen-bond acceptors (Lipinski definition) is 2. The zero-order chi connectivity index (χ0) is 28.4. The summed E-state index contributed by atoms with van der Waals surface area (Å²) in [7, 11) is 7.39. The summed E-state index contributed by atoms with van der Waals surface area (Å²) in [5.74, 6) is -3.54. The number of carboxylic acid groups (broad SMARTS) is 1. The van der Waals surface area contributed by atoms with Crippen LogP contribution in [0.4, 0.5) is 17.6 Å². The molecular formula is C30H21F4IrN3O2-2. The predicted octanol–water partition coefficient (Wildman–Crippen LogP) is 5.50. The maximum atomic E-state index is 13.4. The largest absolute Gasteiger partial charge is 0.477 e. The normalized spacial score (nSPS) is 9.70. The van der Waals surface area contributed by atoms with Crippen LogP contribution >= 0.6 is 0 Å². The van der Waals surface area contributed by atoms with Gasteiger partial charge in [0.05, 0.1) is 12.4 Å². The summed E-state index contributed by atoms with van der Waals surface area (Å²) in [6.07, 6.45) is 4.82. The Bertz CT molecular complexity index is 1480. The summed E-state index contributed by atoms with van der Waals surface area (Å²) in [5, 5.41) is 8.32. The number of benzene rings is 2. The summed E-state index contributed by atoms with van der Waals surface area (Å²) in [6.45, 7) is 0. The second kappa shape index (κ2) is 15.2. The Hall–Kier alpha value is -4.53. The minimum atomic E-state index is -0.990. The van der Waals surface area contributed by atoms with Gasteiger partial charge in [0.15, 0.2) is 0 Å². The number of aromatic carboxylic acids is 1. The van der Waals surface area contributed by atoms with E-state index in [4.69, 9.17) is 5.11 Å². The van der Waals surface area contributed by atoms with E-state index in [0.717, 1.165) is 24.3 Å². The number of hydrogen-bond donors (Lipinski definition) is 1. The first-order valence-corrected chi connectivity index (χ1v) is 11.2. The average Bonchev–Trinajstić information content (AvgIpc) is 2.91. The smallest absolute Gasteiger partial charge is 0.354 e. The summed E-state index contributed by atoms with van der Waals surface area (Å²) in [5.41, 5.74) is 1.61. The van der Waals surface area contributed by atoms with Crippen molar-refractivity contribution in [3.8, 4) is 22.5 Å². The maximum absolute atomic E-state index is 13.4. The predicted molar refractivity (Wildman–Crippen MR) is 134 cm³/mol. The van der Waals surface area contributed by atoms with Crippen molar-refractivity contribution in [2.24, 2.45) is 0 Å². The van der Waals surface area contributed by atoms with Crippen molar-refractivity contribution in [3.63, 3.8) is 0 Å². The molecule has 0 fully saturated rings. The van der Waals surface area contributed by atoms with Crippen LogP contribution in [0.3, 0.4) is 0 Å². The molecule has 207 valence electrons. The van der Waals surface area contributed by atoms with Crippen molar-refractivity contribution in [1.82, 2.24) is 4.98 Å². The van der Waals surface area contributed by atoms with Crippen LogP contribution < -0.4 is 9.13 Å². The van der Waals surface area contributed by atoms with Crippen LogP contribution in [0.5, 0.6) is 0 Å². The molecule has 0 aliphatic heterocycles. The van der Waals surface area contributed by atoms with E-state index >= 15 is 0 Å². The third-order valence-corrected chi connectivity index (χ3v) is 4.99. The van der Waals surface area contributed by atoms with E-state index in [1.165, 1.54) is 21.4 Å². The maximum Gasteiger partial charge on any atom is 0.354 e. The third-order valence-electron chi connectivity index (χ3n) is 4.99. The Morgan fingerprint density at radius 3 is 1.52 bits per heavy atom. The molecule has 0 atom stereocenters. The van der Waals surface area contributed by atoms with Crippen molar-refractivity contribution >= 4 is 5.97 Å². The zero-order valence-corrected chi connectivity index (χ0v) is 23.1. The molecule has 1 radical (unpaired) electrons. The van der Waals surface area contributed by atoms with Crippen LogP contribution in [-0.4, -0.2) is 16.1 Å². The number of carboxylic acids is 1. The van der Waals surface area contributed by atoms with Gasteiger partial charge in [-0.2, -0.15) is 0 Å². The first-order chi connectivity index (χ1) is 18.7. The van der Waals surface area contributed by atoms with E-state index < -0.39 is 29.2 Å². The van der Waals surface area contributed by atoms with Gasteiger partial charge >= 0.3 is 5.97 Å². The van der Waals surface area contributed by atoms with Crippen LogP contribution in [0.15, 0.2) is 97.5 Å². The molecule has 0 aliphatic carbocycles. The minimum Gasteiger partial charge on any atom is -0.477 e. The van der Waals surface area contributed by atoms with Gasteiger partial charge in [0.25, 0.3) is 0 Å². The number of pyridine rings is 3. The van der Waals surface area contributed by atoms with E-state index in [0.29, 0.717) is 11.4 Å².